The van der Waals surface area contributed by atoms with Crippen molar-refractivity contribution in [2.75, 3.05) is 0 Å². The average molecular weight is 290 g/mol. The number of hydrogen-bond acceptors (Lipinski definition) is 4. The molecule has 1 aromatic carbocycles. The van der Waals surface area contributed by atoms with Gasteiger partial charge in [-0.3, -0.25) is 10.1 Å². The highest BCUT2D eigenvalue weighted by atomic mass is 16.6. The fraction of sp³-hybridized carbons (Fsp3) is 0.400. The molecule has 0 saturated heterocycles. The molecule has 0 bridgehead atoms. The molecule has 0 aliphatic heterocycles. The molecule has 0 fully saturated rings. The molecular weight excluding hydrogens is 272 g/mol. The fourth-order valence-electron chi connectivity index (χ4n) is 2.17. The molecule has 0 aliphatic carbocycles. The quantitative estimate of drug-likeness (QED) is 0.493. The van der Waals surface area contributed by atoms with Crippen LogP contribution < -0.4 is 0 Å². The van der Waals surface area contributed by atoms with Crippen LogP contribution in [0.3, 0.4) is 0 Å². The minimum atomic E-state index is -0.636. The third kappa shape index (κ3) is 3.04. The van der Waals surface area contributed by atoms with Crippen molar-refractivity contribution in [1.29, 1.82) is 0 Å². The lowest BCUT2D eigenvalue weighted by Gasteiger charge is -2.23. The Hall–Kier alpha value is -2.37. The lowest BCUT2D eigenvalue weighted by atomic mass is 10.2. The Balaban J connectivity index is 2.47. The number of para-hydroxylation sites is 1. The highest BCUT2D eigenvalue weighted by Crippen LogP contribution is 2.29. The zero-order valence-corrected chi connectivity index (χ0v) is 12.5. The number of hydrogen-bond donors (Lipinski definition) is 0. The highest BCUT2D eigenvalue weighted by molar-refractivity contribution is 5.90. The maximum Gasteiger partial charge on any atom is 0.329 e. The summed E-state index contributed by atoms with van der Waals surface area (Å²) in [5, 5.41) is 11.9. The molecule has 21 heavy (non-hydrogen) atoms. The smallest absolute Gasteiger partial charge is 0.329 e. The van der Waals surface area contributed by atoms with Gasteiger partial charge in [0.15, 0.2) is 0 Å². The first-order valence-corrected chi connectivity index (χ1v) is 6.67. The van der Waals surface area contributed by atoms with E-state index in [0.717, 1.165) is 5.39 Å². The van der Waals surface area contributed by atoms with E-state index in [1.807, 2.05) is 0 Å². The monoisotopic (exact) mass is 290 g/mol. The first-order valence-electron chi connectivity index (χ1n) is 6.67. The van der Waals surface area contributed by atoms with Gasteiger partial charge < -0.3 is 9.30 Å². The zero-order chi connectivity index (χ0) is 15.8. The maximum atomic E-state index is 12.2. The van der Waals surface area contributed by atoms with Gasteiger partial charge in [-0.05, 0) is 33.8 Å². The number of non-ortho nitro benzene ring substituents is 1. The fourth-order valence-corrected chi connectivity index (χ4v) is 2.17. The normalized spacial score (nSPS) is 13.1. The average Bonchev–Trinajstić information content (AvgIpc) is 2.79. The van der Waals surface area contributed by atoms with Crippen molar-refractivity contribution >= 4 is 22.6 Å². The summed E-state index contributed by atoms with van der Waals surface area (Å²) in [4.78, 5) is 22.9. The predicted molar refractivity (Wildman–Crippen MR) is 79.1 cm³/mol. The van der Waals surface area contributed by atoms with Crippen LogP contribution in [0.5, 0.6) is 0 Å². The van der Waals surface area contributed by atoms with E-state index in [9.17, 15) is 14.9 Å². The van der Waals surface area contributed by atoms with Crippen molar-refractivity contribution < 1.29 is 14.5 Å². The van der Waals surface area contributed by atoms with Crippen LogP contribution in [-0.2, 0) is 9.53 Å². The van der Waals surface area contributed by atoms with Crippen LogP contribution in [0.2, 0.25) is 0 Å². The third-order valence-corrected chi connectivity index (χ3v) is 3.08. The topological polar surface area (TPSA) is 74.4 Å². The summed E-state index contributed by atoms with van der Waals surface area (Å²) in [5.41, 5.74) is -0.186. The number of nitro benzene ring substituents is 1. The number of rotatable bonds is 3. The molecular formula is C15H18N2O4. The van der Waals surface area contributed by atoms with Crippen LogP contribution in [-0.4, -0.2) is 21.1 Å². The number of nitro groups is 1. The van der Waals surface area contributed by atoms with Crippen LogP contribution in [0.25, 0.3) is 10.9 Å². The summed E-state index contributed by atoms with van der Waals surface area (Å²) < 4.78 is 6.93. The summed E-state index contributed by atoms with van der Waals surface area (Å²) in [6.45, 7) is 7.03. The van der Waals surface area contributed by atoms with Gasteiger partial charge in [0.2, 0.25) is 0 Å². The summed E-state index contributed by atoms with van der Waals surface area (Å²) in [5.74, 6) is -0.418. The summed E-state index contributed by atoms with van der Waals surface area (Å²) in [7, 11) is 0. The highest BCUT2D eigenvalue weighted by Gasteiger charge is 2.26. The second kappa shape index (κ2) is 5.20. The molecule has 112 valence electrons. The molecule has 1 atom stereocenters. The number of carbonyl (C=O) groups excluding carboxylic acids is 1. The molecule has 6 heteroatoms. The molecule has 0 saturated carbocycles. The number of carbonyl (C=O) groups is 1. The van der Waals surface area contributed by atoms with Crippen LogP contribution in [0.15, 0.2) is 30.5 Å². The van der Waals surface area contributed by atoms with Gasteiger partial charge in [0.05, 0.1) is 4.92 Å². The standard InChI is InChI=1S/C15H18N2O4/c1-10(14(18)21-15(2,3)4)16-9-8-11-6-5-7-12(13(11)16)17(19)20/h5-10H,1-4H3. The Bertz CT molecular complexity index is 697. The summed E-state index contributed by atoms with van der Waals surface area (Å²) in [6, 6.07) is 5.95. The van der Waals surface area contributed by atoms with Crippen molar-refractivity contribution in [3.8, 4) is 0 Å². The van der Waals surface area contributed by atoms with Gasteiger partial charge in [0, 0.05) is 17.6 Å². The lowest BCUT2D eigenvalue weighted by molar-refractivity contribution is -0.383. The first-order chi connectivity index (χ1) is 9.70. The van der Waals surface area contributed by atoms with Crippen molar-refractivity contribution in [2.45, 2.75) is 39.3 Å². The number of benzene rings is 1. The van der Waals surface area contributed by atoms with Crippen LogP contribution in [0.4, 0.5) is 5.69 Å². The van der Waals surface area contributed by atoms with E-state index >= 15 is 0 Å². The minimum Gasteiger partial charge on any atom is -0.458 e. The SMILES string of the molecule is CC(C(=O)OC(C)(C)C)n1ccc2cccc([N+](=O)[O-])c21. The number of aromatic nitrogens is 1. The van der Waals surface area contributed by atoms with Crippen molar-refractivity contribution in [3.05, 3.63) is 40.6 Å². The van der Waals surface area contributed by atoms with Gasteiger partial charge in [-0.1, -0.05) is 12.1 Å². The largest absolute Gasteiger partial charge is 0.458 e. The van der Waals surface area contributed by atoms with Gasteiger partial charge in [-0.15, -0.1) is 0 Å². The molecule has 0 aliphatic rings. The molecule has 2 rings (SSSR count). The zero-order valence-electron chi connectivity index (χ0n) is 12.5. The molecule has 0 amide bonds. The molecule has 2 aromatic rings. The van der Waals surface area contributed by atoms with Crippen molar-refractivity contribution in [3.63, 3.8) is 0 Å². The van der Waals surface area contributed by atoms with E-state index in [0.29, 0.717) is 5.52 Å². The van der Waals surface area contributed by atoms with Gasteiger partial charge in [0.25, 0.3) is 5.69 Å². The van der Waals surface area contributed by atoms with E-state index in [1.54, 1.807) is 56.7 Å². The predicted octanol–water partition coefficient (Wildman–Crippen LogP) is 3.45. The van der Waals surface area contributed by atoms with E-state index in [4.69, 9.17) is 4.74 Å². The Labute approximate surface area is 122 Å². The molecule has 0 radical (unpaired) electrons. The molecule has 0 N–H and O–H groups in total. The Morgan fingerprint density at radius 2 is 2.00 bits per heavy atom. The molecule has 6 nitrogen and oxygen atoms in total. The third-order valence-electron chi connectivity index (χ3n) is 3.08. The second-order valence-corrected chi connectivity index (χ2v) is 5.90. The van der Waals surface area contributed by atoms with E-state index in [2.05, 4.69) is 0 Å². The number of nitrogens with zero attached hydrogens (tertiary/aromatic N) is 2. The van der Waals surface area contributed by atoms with Crippen LogP contribution in [0, 0.1) is 10.1 Å². The summed E-state index contributed by atoms with van der Waals surface area (Å²) in [6.07, 6.45) is 1.67. The van der Waals surface area contributed by atoms with E-state index in [1.165, 1.54) is 6.07 Å². The number of ether oxygens (including phenoxy) is 1. The first kappa shape index (κ1) is 15.0. The van der Waals surface area contributed by atoms with Crippen molar-refractivity contribution in [1.82, 2.24) is 4.57 Å². The maximum absolute atomic E-state index is 12.2. The van der Waals surface area contributed by atoms with Gasteiger partial charge >= 0.3 is 5.97 Å². The number of fused-ring (bicyclic) bond motifs is 1. The lowest BCUT2D eigenvalue weighted by Crippen LogP contribution is -2.28. The van der Waals surface area contributed by atoms with Crippen LogP contribution >= 0.6 is 0 Å². The molecule has 1 aromatic heterocycles. The molecule has 1 unspecified atom stereocenters. The van der Waals surface area contributed by atoms with E-state index < -0.39 is 22.5 Å². The van der Waals surface area contributed by atoms with Gasteiger partial charge in [-0.25, -0.2) is 4.79 Å². The van der Waals surface area contributed by atoms with Crippen molar-refractivity contribution in [2.24, 2.45) is 0 Å². The van der Waals surface area contributed by atoms with Gasteiger partial charge in [0.1, 0.15) is 17.2 Å². The second-order valence-electron chi connectivity index (χ2n) is 5.90. The Kier molecular flexibility index (Phi) is 3.72. The Morgan fingerprint density at radius 3 is 2.57 bits per heavy atom. The van der Waals surface area contributed by atoms with Gasteiger partial charge in [-0.2, -0.15) is 0 Å². The molecule has 1 heterocycles. The Morgan fingerprint density at radius 1 is 1.33 bits per heavy atom. The van der Waals surface area contributed by atoms with Crippen LogP contribution in [0.1, 0.15) is 33.7 Å². The number of esters is 1. The minimum absolute atomic E-state index is 0.0205. The summed E-state index contributed by atoms with van der Waals surface area (Å²) >= 11 is 0. The molecule has 0 spiro atoms. The van der Waals surface area contributed by atoms with E-state index in [-0.39, 0.29) is 5.69 Å².